The van der Waals surface area contributed by atoms with Crippen molar-refractivity contribution in [1.29, 1.82) is 0 Å². The fourth-order valence-corrected chi connectivity index (χ4v) is 4.36. The summed E-state index contributed by atoms with van der Waals surface area (Å²) < 4.78 is 5.33. The molecule has 0 aromatic heterocycles. The summed E-state index contributed by atoms with van der Waals surface area (Å²) in [5.74, 6) is -1.87. The first-order valence-electron chi connectivity index (χ1n) is 12.9. The monoisotopic (exact) mass is 538 g/mol. The third-order valence-electron chi connectivity index (χ3n) is 5.82. The van der Waals surface area contributed by atoms with Gasteiger partial charge in [0, 0.05) is 11.2 Å². The first kappa shape index (κ1) is 31.3. The summed E-state index contributed by atoms with van der Waals surface area (Å²) >= 11 is 0. The highest BCUT2D eigenvalue weighted by atomic mass is 16.6. The molecule has 0 radical (unpaired) electrons. The lowest BCUT2D eigenvalue weighted by molar-refractivity contribution is -0.147. The highest BCUT2D eigenvalue weighted by Crippen LogP contribution is 2.32. The first-order chi connectivity index (χ1) is 17.9. The third-order valence-corrected chi connectivity index (χ3v) is 5.82. The number of nitrogens with zero attached hydrogens (tertiary/aromatic N) is 1. The fourth-order valence-electron chi connectivity index (χ4n) is 4.36. The van der Waals surface area contributed by atoms with Crippen LogP contribution in [0.4, 0.5) is 10.5 Å². The van der Waals surface area contributed by atoms with Gasteiger partial charge in [-0.2, -0.15) is 0 Å². The molecule has 212 valence electrons. The number of carbonyl (C=O) groups is 4. The van der Waals surface area contributed by atoms with Crippen molar-refractivity contribution in [1.82, 2.24) is 10.2 Å². The molecule has 2 atom stereocenters. The molecule has 0 fully saturated rings. The molecule has 2 unspecified atom stereocenters. The van der Waals surface area contributed by atoms with Crippen LogP contribution in [0.3, 0.4) is 0 Å². The number of primary amides is 1. The second kappa shape index (κ2) is 12.3. The average molecular weight is 539 g/mol. The molecule has 0 saturated carbocycles. The normalized spacial score (nSPS) is 13.2. The topological polar surface area (TPSA) is 131 Å². The molecule has 2 aromatic rings. The predicted molar refractivity (Wildman–Crippen MR) is 152 cm³/mol. The van der Waals surface area contributed by atoms with Crippen molar-refractivity contribution in [2.24, 2.45) is 5.73 Å². The standard InChI is InChI=1S/C30H42N4O5/c1-18-14-19(2)16-21(15-18)25(26(36)32-22-13-11-10-12-20(22)3)34(29(4,5)6)27(37)23(17-24(31)35)33-28(38)39-30(7,8)9/h10-16,23,25H,17H2,1-9H3,(H2,31,35)(H,32,36)(H,33,38). The number of ether oxygens (including phenoxy) is 1. The Balaban J connectivity index is 2.66. The number of benzene rings is 2. The number of nitrogens with one attached hydrogen (secondary N) is 2. The molecule has 0 saturated heterocycles. The minimum Gasteiger partial charge on any atom is -0.444 e. The Morgan fingerprint density at radius 1 is 0.923 bits per heavy atom. The Morgan fingerprint density at radius 2 is 1.49 bits per heavy atom. The average Bonchev–Trinajstić information content (AvgIpc) is 2.74. The summed E-state index contributed by atoms with van der Waals surface area (Å²) in [4.78, 5) is 54.2. The number of nitrogens with two attached hydrogens (primary N) is 1. The largest absolute Gasteiger partial charge is 0.444 e. The van der Waals surface area contributed by atoms with Crippen LogP contribution in [0.25, 0.3) is 0 Å². The number of carbonyl (C=O) groups excluding carboxylic acids is 4. The zero-order valence-electron chi connectivity index (χ0n) is 24.5. The maximum Gasteiger partial charge on any atom is 0.408 e. The molecule has 9 nitrogen and oxygen atoms in total. The molecule has 39 heavy (non-hydrogen) atoms. The minimum atomic E-state index is -1.35. The van der Waals surface area contributed by atoms with Gasteiger partial charge in [0.05, 0.1) is 6.42 Å². The Labute approximate surface area is 231 Å². The van der Waals surface area contributed by atoms with Gasteiger partial charge in [0.15, 0.2) is 0 Å². The van der Waals surface area contributed by atoms with Gasteiger partial charge in [-0.25, -0.2) is 4.79 Å². The first-order valence-corrected chi connectivity index (χ1v) is 12.9. The zero-order valence-corrected chi connectivity index (χ0v) is 24.5. The van der Waals surface area contributed by atoms with E-state index in [2.05, 4.69) is 10.6 Å². The maximum absolute atomic E-state index is 14.2. The van der Waals surface area contributed by atoms with E-state index in [0.29, 0.717) is 11.3 Å². The minimum absolute atomic E-state index is 0.437. The van der Waals surface area contributed by atoms with E-state index in [1.807, 2.05) is 57.2 Å². The summed E-state index contributed by atoms with van der Waals surface area (Å²) in [5, 5.41) is 5.47. The molecule has 0 aliphatic carbocycles. The fraction of sp³-hybridized carbons (Fsp3) is 0.467. The van der Waals surface area contributed by atoms with E-state index >= 15 is 0 Å². The van der Waals surface area contributed by atoms with Gasteiger partial charge in [-0.1, -0.05) is 47.5 Å². The number of rotatable bonds is 8. The second-order valence-corrected chi connectivity index (χ2v) is 11.9. The van der Waals surface area contributed by atoms with Crippen LogP contribution in [0.2, 0.25) is 0 Å². The number of hydrogen-bond acceptors (Lipinski definition) is 5. The Bertz CT molecular complexity index is 1210. The summed E-state index contributed by atoms with van der Waals surface area (Å²) in [5.41, 5.74) is 7.63. The van der Waals surface area contributed by atoms with Crippen LogP contribution in [0.1, 0.15) is 76.3 Å². The number of alkyl carbamates (subject to hydrolysis) is 1. The number of para-hydroxylation sites is 1. The molecule has 2 aromatic carbocycles. The lowest BCUT2D eigenvalue weighted by Gasteiger charge is -2.43. The lowest BCUT2D eigenvalue weighted by Crippen LogP contribution is -2.58. The van der Waals surface area contributed by atoms with Gasteiger partial charge in [-0.15, -0.1) is 0 Å². The van der Waals surface area contributed by atoms with Gasteiger partial charge in [0.25, 0.3) is 5.91 Å². The third kappa shape index (κ3) is 9.12. The van der Waals surface area contributed by atoms with Crippen molar-refractivity contribution in [3.63, 3.8) is 0 Å². The van der Waals surface area contributed by atoms with Crippen molar-refractivity contribution in [3.8, 4) is 0 Å². The molecular formula is C30H42N4O5. The van der Waals surface area contributed by atoms with Crippen molar-refractivity contribution in [3.05, 3.63) is 64.7 Å². The summed E-state index contributed by atoms with van der Waals surface area (Å²) in [6.07, 6.45) is -1.34. The van der Waals surface area contributed by atoms with Crippen LogP contribution >= 0.6 is 0 Å². The molecular weight excluding hydrogens is 496 g/mol. The Morgan fingerprint density at radius 3 is 1.97 bits per heavy atom. The maximum atomic E-state index is 14.2. The molecule has 0 aliphatic heterocycles. The molecule has 0 bridgehead atoms. The van der Waals surface area contributed by atoms with Crippen molar-refractivity contribution < 1.29 is 23.9 Å². The molecule has 9 heteroatoms. The van der Waals surface area contributed by atoms with Crippen LogP contribution in [0.5, 0.6) is 0 Å². The Kier molecular flexibility index (Phi) is 9.90. The van der Waals surface area contributed by atoms with E-state index in [-0.39, 0.29) is 0 Å². The van der Waals surface area contributed by atoms with E-state index in [4.69, 9.17) is 10.5 Å². The summed E-state index contributed by atoms with van der Waals surface area (Å²) in [7, 11) is 0. The van der Waals surface area contributed by atoms with Gasteiger partial charge in [-0.3, -0.25) is 14.4 Å². The Hall–Kier alpha value is -3.88. The van der Waals surface area contributed by atoms with Crippen LogP contribution in [-0.2, 0) is 19.1 Å². The number of anilines is 1. The SMILES string of the molecule is Cc1cc(C)cc(C(C(=O)Nc2ccccc2C)N(C(=O)C(CC(N)=O)NC(=O)OC(C)(C)C)C(C)(C)C)c1. The lowest BCUT2D eigenvalue weighted by atomic mass is 9.93. The zero-order chi connectivity index (χ0) is 29.7. The number of hydrogen-bond donors (Lipinski definition) is 3. The van der Waals surface area contributed by atoms with Crippen LogP contribution in [0, 0.1) is 20.8 Å². The molecule has 0 heterocycles. The van der Waals surface area contributed by atoms with Crippen molar-refractivity contribution >= 4 is 29.5 Å². The summed E-state index contributed by atoms with van der Waals surface area (Å²) in [6, 6.07) is 10.6. The van der Waals surface area contributed by atoms with E-state index in [1.165, 1.54) is 4.90 Å². The van der Waals surface area contributed by atoms with Crippen molar-refractivity contribution in [2.75, 3.05) is 5.32 Å². The smallest absolute Gasteiger partial charge is 0.408 e. The van der Waals surface area contributed by atoms with Gasteiger partial charge in [-0.05, 0) is 79.5 Å². The number of amides is 4. The van der Waals surface area contributed by atoms with Crippen LogP contribution in [0.15, 0.2) is 42.5 Å². The summed E-state index contributed by atoms with van der Waals surface area (Å²) in [6.45, 7) is 16.1. The van der Waals surface area contributed by atoms with E-state index < -0.39 is 53.5 Å². The van der Waals surface area contributed by atoms with Gasteiger partial charge >= 0.3 is 6.09 Å². The van der Waals surface area contributed by atoms with E-state index in [1.54, 1.807) is 47.6 Å². The quantitative estimate of drug-likeness (QED) is 0.449. The highest BCUT2D eigenvalue weighted by Gasteiger charge is 2.42. The van der Waals surface area contributed by atoms with Crippen molar-refractivity contribution in [2.45, 2.75) is 92.0 Å². The van der Waals surface area contributed by atoms with Gasteiger partial charge in [0.1, 0.15) is 17.7 Å². The molecule has 0 aliphatic rings. The molecule has 0 spiro atoms. The molecule has 4 N–H and O–H groups in total. The van der Waals surface area contributed by atoms with Crippen LogP contribution in [-0.4, -0.2) is 45.9 Å². The predicted octanol–water partition coefficient (Wildman–Crippen LogP) is 4.69. The van der Waals surface area contributed by atoms with Gasteiger partial charge in [0.2, 0.25) is 11.8 Å². The van der Waals surface area contributed by atoms with E-state index in [9.17, 15) is 19.2 Å². The number of aryl methyl sites for hydroxylation is 3. The van der Waals surface area contributed by atoms with Crippen LogP contribution < -0.4 is 16.4 Å². The highest BCUT2D eigenvalue weighted by molar-refractivity contribution is 6.00. The van der Waals surface area contributed by atoms with Gasteiger partial charge < -0.3 is 26.0 Å². The second-order valence-electron chi connectivity index (χ2n) is 11.9. The molecule has 4 amide bonds. The van der Waals surface area contributed by atoms with E-state index in [0.717, 1.165) is 16.7 Å². The molecule has 2 rings (SSSR count).